The van der Waals surface area contributed by atoms with Gasteiger partial charge in [0.25, 0.3) is 0 Å². The van der Waals surface area contributed by atoms with Gasteiger partial charge in [0.15, 0.2) is 0 Å². The van der Waals surface area contributed by atoms with Gasteiger partial charge in [-0.2, -0.15) is 0 Å². The maximum Gasteiger partial charge on any atom is 0.0689 e. The molecule has 0 aliphatic rings. The number of nitrogens with one attached hydrogen (secondary N) is 1. The molecule has 0 radical (unpaired) electrons. The highest BCUT2D eigenvalue weighted by Gasteiger charge is 2.13. The van der Waals surface area contributed by atoms with E-state index in [9.17, 15) is 20.4 Å². The van der Waals surface area contributed by atoms with Crippen LogP contribution in [0.5, 0.6) is 0 Å². The van der Waals surface area contributed by atoms with Crippen molar-refractivity contribution in [3.8, 4) is 0 Å². The van der Waals surface area contributed by atoms with Crippen molar-refractivity contribution in [2.75, 3.05) is 26.2 Å². The Balaban J connectivity index is 3.55. The van der Waals surface area contributed by atoms with E-state index in [1.165, 1.54) is 0 Å². The van der Waals surface area contributed by atoms with Gasteiger partial charge in [-0.15, -0.1) is 0 Å². The summed E-state index contributed by atoms with van der Waals surface area (Å²) in [6.07, 6.45) is -2.44. The highest BCUT2D eigenvalue weighted by Crippen LogP contribution is 1.98. The topological polar surface area (TPSA) is 145 Å². The summed E-state index contributed by atoms with van der Waals surface area (Å²) in [5.74, 6) is 0. The Morgan fingerprint density at radius 3 is 1.35 bits per heavy atom. The molecule has 0 spiro atoms. The first-order chi connectivity index (χ1) is 7.99. The van der Waals surface area contributed by atoms with Crippen LogP contribution in [-0.4, -0.2) is 71.0 Å². The minimum atomic E-state index is -0.712. The van der Waals surface area contributed by atoms with Crippen LogP contribution < -0.4 is 16.8 Å². The molecule has 104 valence electrons. The normalized spacial score (nSPS) is 18.7. The van der Waals surface area contributed by atoms with Gasteiger partial charge in [0, 0.05) is 39.0 Å². The smallest absolute Gasteiger partial charge is 0.0689 e. The fraction of sp³-hybridized carbons (Fsp3) is 1.00. The van der Waals surface area contributed by atoms with Gasteiger partial charge in [0.1, 0.15) is 0 Å². The number of hydrogen-bond acceptors (Lipinski definition) is 7. The number of rotatable bonds is 10. The Morgan fingerprint density at radius 2 is 1.06 bits per heavy atom. The van der Waals surface area contributed by atoms with Gasteiger partial charge >= 0.3 is 0 Å². The third-order valence-corrected chi connectivity index (χ3v) is 2.39. The monoisotopic (exact) mass is 251 g/mol. The molecule has 0 fully saturated rings. The van der Waals surface area contributed by atoms with Gasteiger partial charge in [-0.3, -0.25) is 0 Å². The van der Waals surface area contributed by atoms with Crippen LogP contribution >= 0.6 is 0 Å². The average Bonchev–Trinajstić information content (AvgIpc) is 2.28. The summed E-state index contributed by atoms with van der Waals surface area (Å²) in [7, 11) is 0. The largest absolute Gasteiger partial charge is 0.392 e. The second-order valence-corrected chi connectivity index (χ2v) is 4.22. The van der Waals surface area contributed by atoms with Gasteiger partial charge in [0.2, 0.25) is 0 Å². The maximum atomic E-state index is 9.46. The van der Waals surface area contributed by atoms with E-state index in [1.807, 2.05) is 0 Å². The van der Waals surface area contributed by atoms with E-state index in [0.717, 1.165) is 0 Å². The lowest BCUT2D eigenvalue weighted by molar-refractivity contribution is 0.0701. The zero-order chi connectivity index (χ0) is 13.3. The average molecular weight is 251 g/mol. The molecule has 9 N–H and O–H groups in total. The molecule has 4 atom stereocenters. The summed E-state index contributed by atoms with van der Waals surface area (Å²) in [6, 6.07) is 0. The van der Waals surface area contributed by atoms with E-state index in [2.05, 4.69) is 5.32 Å². The fourth-order valence-electron chi connectivity index (χ4n) is 1.40. The van der Waals surface area contributed by atoms with Crippen LogP contribution in [0, 0.1) is 0 Å². The van der Waals surface area contributed by atoms with E-state index in [-0.39, 0.29) is 39.0 Å². The van der Waals surface area contributed by atoms with Crippen LogP contribution in [0.25, 0.3) is 0 Å². The molecule has 0 heterocycles. The quantitative estimate of drug-likeness (QED) is 0.215. The number of aliphatic hydroxyl groups is 4. The standard InChI is InChI=1S/C10H25N3O4/c11-3-7(14)1-9(16)5-13-6-10(17)2-8(15)4-12/h7-10,13-17H,1-6,11-12H2/t7-,8?,9?,10-/m0/s1. The Morgan fingerprint density at radius 1 is 0.706 bits per heavy atom. The Labute approximate surface area is 101 Å². The molecule has 0 aromatic carbocycles. The van der Waals surface area contributed by atoms with Crippen molar-refractivity contribution in [2.45, 2.75) is 37.3 Å². The number of hydrogen-bond donors (Lipinski definition) is 7. The molecule has 0 aromatic rings. The molecule has 0 saturated carbocycles. The Bertz CT molecular complexity index is 167. The van der Waals surface area contributed by atoms with E-state index in [1.54, 1.807) is 0 Å². The third kappa shape index (κ3) is 9.42. The summed E-state index contributed by atoms with van der Waals surface area (Å²) < 4.78 is 0. The molecular weight excluding hydrogens is 226 g/mol. The molecular formula is C10H25N3O4. The molecule has 7 heteroatoms. The van der Waals surface area contributed by atoms with Crippen LogP contribution in [0.3, 0.4) is 0 Å². The minimum absolute atomic E-state index is 0.113. The van der Waals surface area contributed by atoms with Crippen LogP contribution in [0.1, 0.15) is 12.8 Å². The first-order valence-electron chi connectivity index (χ1n) is 5.82. The van der Waals surface area contributed by atoms with Crippen molar-refractivity contribution in [2.24, 2.45) is 11.5 Å². The van der Waals surface area contributed by atoms with Crippen molar-refractivity contribution < 1.29 is 20.4 Å². The summed E-state index contributed by atoms with van der Waals surface area (Å²) >= 11 is 0. The molecule has 0 aliphatic heterocycles. The third-order valence-electron chi connectivity index (χ3n) is 2.39. The minimum Gasteiger partial charge on any atom is -0.392 e. The highest BCUT2D eigenvalue weighted by molar-refractivity contribution is 4.70. The van der Waals surface area contributed by atoms with Gasteiger partial charge in [-0.1, -0.05) is 0 Å². The number of aliphatic hydroxyl groups excluding tert-OH is 4. The van der Waals surface area contributed by atoms with Crippen molar-refractivity contribution in [3.05, 3.63) is 0 Å². The van der Waals surface area contributed by atoms with Gasteiger partial charge in [0.05, 0.1) is 24.4 Å². The number of nitrogens with two attached hydrogens (primary N) is 2. The Hall–Kier alpha value is -0.280. The Kier molecular flexibility index (Phi) is 9.56. The fourth-order valence-corrected chi connectivity index (χ4v) is 1.40. The van der Waals surface area contributed by atoms with E-state index in [4.69, 9.17) is 11.5 Å². The summed E-state index contributed by atoms with van der Waals surface area (Å²) in [4.78, 5) is 0. The zero-order valence-corrected chi connectivity index (χ0v) is 10.00. The molecule has 0 aromatic heterocycles. The molecule has 0 bridgehead atoms. The molecule has 2 unspecified atom stereocenters. The van der Waals surface area contributed by atoms with Crippen LogP contribution in [-0.2, 0) is 0 Å². The van der Waals surface area contributed by atoms with Crippen LogP contribution in [0.2, 0.25) is 0 Å². The molecule has 0 rings (SSSR count). The zero-order valence-electron chi connectivity index (χ0n) is 10.00. The molecule has 0 saturated heterocycles. The van der Waals surface area contributed by atoms with Gasteiger partial charge in [-0.05, 0) is 0 Å². The molecule has 0 aliphatic carbocycles. The van der Waals surface area contributed by atoms with E-state index in [0.29, 0.717) is 0 Å². The lowest BCUT2D eigenvalue weighted by atomic mass is 10.1. The van der Waals surface area contributed by atoms with Crippen molar-refractivity contribution >= 4 is 0 Å². The van der Waals surface area contributed by atoms with Crippen molar-refractivity contribution in [3.63, 3.8) is 0 Å². The lowest BCUT2D eigenvalue weighted by Gasteiger charge is -2.18. The summed E-state index contributed by atoms with van der Waals surface area (Å²) in [5.41, 5.74) is 10.4. The lowest BCUT2D eigenvalue weighted by Crippen LogP contribution is -2.37. The van der Waals surface area contributed by atoms with E-state index < -0.39 is 24.4 Å². The second-order valence-electron chi connectivity index (χ2n) is 4.22. The summed E-state index contributed by atoms with van der Waals surface area (Å²) in [5, 5.41) is 40.1. The first-order valence-corrected chi connectivity index (χ1v) is 5.82. The predicted octanol–water partition coefficient (Wildman–Crippen LogP) is -3.28. The predicted molar refractivity (Wildman–Crippen MR) is 64.2 cm³/mol. The molecule has 7 nitrogen and oxygen atoms in total. The van der Waals surface area contributed by atoms with Crippen molar-refractivity contribution in [1.29, 1.82) is 0 Å². The van der Waals surface area contributed by atoms with Gasteiger partial charge in [-0.25, -0.2) is 0 Å². The van der Waals surface area contributed by atoms with Gasteiger partial charge < -0.3 is 37.2 Å². The first kappa shape index (κ1) is 16.7. The second kappa shape index (κ2) is 9.72. The van der Waals surface area contributed by atoms with Crippen LogP contribution in [0.15, 0.2) is 0 Å². The van der Waals surface area contributed by atoms with Crippen molar-refractivity contribution in [1.82, 2.24) is 5.32 Å². The maximum absolute atomic E-state index is 9.46. The SMILES string of the molecule is NCC(O)C[C@H](O)CNCC(O)C[C@H](O)CN. The van der Waals surface area contributed by atoms with E-state index >= 15 is 0 Å². The summed E-state index contributed by atoms with van der Waals surface area (Å²) in [6.45, 7) is 0.741. The molecule has 0 amide bonds. The molecule has 17 heavy (non-hydrogen) atoms. The van der Waals surface area contributed by atoms with Crippen LogP contribution in [0.4, 0.5) is 0 Å². The highest BCUT2D eigenvalue weighted by atomic mass is 16.3.